The van der Waals surface area contributed by atoms with Crippen molar-refractivity contribution in [3.63, 3.8) is 0 Å². The van der Waals surface area contributed by atoms with Crippen molar-refractivity contribution >= 4 is 28.9 Å². The van der Waals surface area contributed by atoms with Gasteiger partial charge >= 0.3 is 5.97 Å². The number of hydrogen-bond donors (Lipinski definition) is 0. The highest BCUT2D eigenvalue weighted by molar-refractivity contribution is 7.14. The molecule has 152 valence electrons. The summed E-state index contributed by atoms with van der Waals surface area (Å²) in [6.45, 7) is 1.90. The molecule has 1 amide bonds. The maximum Gasteiger partial charge on any atom is 0.348 e. The number of rotatable bonds is 7. The van der Waals surface area contributed by atoms with Crippen molar-refractivity contribution < 1.29 is 18.7 Å². The molecule has 1 aromatic heterocycles. The summed E-state index contributed by atoms with van der Waals surface area (Å²) in [7, 11) is 0. The van der Waals surface area contributed by atoms with E-state index in [1.54, 1.807) is 0 Å². The molecule has 29 heavy (non-hydrogen) atoms. The molecular formula is C22H23FN2O3S. The Morgan fingerprint density at radius 3 is 2.79 bits per heavy atom. The quantitative estimate of drug-likeness (QED) is 0.625. The lowest BCUT2D eigenvalue weighted by atomic mass is 9.87. The predicted molar refractivity (Wildman–Crippen MR) is 109 cm³/mol. The Morgan fingerprint density at radius 1 is 1.34 bits per heavy atom. The van der Waals surface area contributed by atoms with E-state index >= 15 is 0 Å². The Morgan fingerprint density at radius 2 is 2.10 bits per heavy atom. The fraction of sp³-hybridized carbons (Fsp3) is 0.409. The number of nitrogens with zero attached hydrogens (tertiary/aromatic N) is 2. The van der Waals surface area contributed by atoms with E-state index in [9.17, 15) is 14.0 Å². The maximum absolute atomic E-state index is 13.2. The number of ether oxygens (including phenoxy) is 1. The maximum atomic E-state index is 13.2. The van der Waals surface area contributed by atoms with Crippen LogP contribution in [0.15, 0.2) is 30.3 Å². The summed E-state index contributed by atoms with van der Waals surface area (Å²) in [6, 6.07) is 9.29. The predicted octanol–water partition coefficient (Wildman–Crippen LogP) is 4.51. The number of anilines is 1. The summed E-state index contributed by atoms with van der Waals surface area (Å²) in [6.07, 6.45) is 4.36. The summed E-state index contributed by atoms with van der Waals surface area (Å²) < 4.78 is 18.4. The molecular weight excluding hydrogens is 391 g/mol. The second-order valence-corrected chi connectivity index (χ2v) is 8.22. The third-order valence-electron chi connectivity index (χ3n) is 5.18. The number of carbonyl (C=O) groups excluding carboxylic acids is 2. The lowest BCUT2D eigenvalue weighted by Gasteiger charge is -2.21. The molecule has 0 aliphatic heterocycles. The van der Waals surface area contributed by atoms with Crippen LogP contribution in [-0.4, -0.2) is 25.0 Å². The van der Waals surface area contributed by atoms with Crippen molar-refractivity contribution in [1.29, 1.82) is 5.26 Å². The van der Waals surface area contributed by atoms with Gasteiger partial charge < -0.3 is 9.64 Å². The van der Waals surface area contributed by atoms with Gasteiger partial charge in [0.05, 0.1) is 12.5 Å². The van der Waals surface area contributed by atoms with E-state index in [1.165, 1.54) is 50.9 Å². The minimum atomic E-state index is -0.509. The third-order valence-corrected chi connectivity index (χ3v) is 6.39. The van der Waals surface area contributed by atoms with E-state index in [0.29, 0.717) is 16.5 Å². The van der Waals surface area contributed by atoms with E-state index in [4.69, 9.17) is 10.00 Å². The number of nitriles is 1. The third kappa shape index (κ3) is 5.21. The normalized spacial score (nSPS) is 15.3. The van der Waals surface area contributed by atoms with Gasteiger partial charge in [0.25, 0.3) is 5.91 Å². The van der Waals surface area contributed by atoms with E-state index in [2.05, 4.69) is 6.92 Å². The molecule has 0 saturated carbocycles. The minimum absolute atomic E-state index is 0.118. The molecule has 0 saturated heterocycles. The first-order chi connectivity index (χ1) is 14.0. The van der Waals surface area contributed by atoms with Gasteiger partial charge in [0.15, 0.2) is 6.61 Å². The molecule has 1 atom stereocenters. The number of hydrogen-bond acceptors (Lipinski definition) is 5. The van der Waals surface area contributed by atoms with Crippen LogP contribution in [0, 0.1) is 23.1 Å². The molecule has 3 rings (SSSR count). The Hall–Kier alpha value is -2.72. The number of aryl methyl sites for hydroxylation is 1. The first-order valence-electron chi connectivity index (χ1n) is 9.73. The topological polar surface area (TPSA) is 70.4 Å². The number of carbonyl (C=O) groups is 2. The van der Waals surface area contributed by atoms with E-state index < -0.39 is 24.3 Å². The number of amides is 1. The summed E-state index contributed by atoms with van der Waals surface area (Å²) in [4.78, 5) is 28.1. The molecule has 0 spiro atoms. The van der Waals surface area contributed by atoms with Crippen molar-refractivity contribution in [2.45, 2.75) is 39.0 Å². The van der Waals surface area contributed by atoms with Gasteiger partial charge in [0, 0.05) is 17.1 Å². The van der Waals surface area contributed by atoms with Gasteiger partial charge in [-0.05, 0) is 61.1 Å². The van der Waals surface area contributed by atoms with Crippen LogP contribution in [0.1, 0.15) is 46.3 Å². The second kappa shape index (κ2) is 9.66. The molecule has 0 N–H and O–H groups in total. The standard InChI is InChI=1S/C22H23FN2O3S/c1-2-15-4-9-19-16(12-15)13-20(29-19)22(27)28-14-21(26)25(11-3-10-24)18-7-5-17(23)6-8-18/h5-8,13,15H,2-4,9,11-12,14H2,1H3. The van der Waals surface area contributed by atoms with Crippen molar-refractivity contribution in [3.8, 4) is 6.07 Å². The zero-order chi connectivity index (χ0) is 20.8. The monoisotopic (exact) mass is 414 g/mol. The molecule has 1 aliphatic rings. The van der Waals surface area contributed by atoms with Crippen LogP contribution in [-0.2, 0) is 22.4 Å². The van der Waals surface area contributed by atoms with Gasteiger partial charge in [-0.25, -0.2) is 9.18 Å². The van der Waals surface area contributed by atoms with Crippen LogP contribution in [0.5, 0.6) is 0 Å². The fourth-order valence-corrected chi connectivity index (χ4v) is 4.61. The van der Waals surface area contributed by atoms with Crippen LogP contribution in [0.2, 0.25) is 0 Å². The number of fused-ring (bicyclic) bond motifs is 1. The average molecular weight is 415 g/mol. The van der Waals surface area contributed by atoms with Crippen LogP contribution in [0.3, 0.4) is 0 Å². The smallest absolute Gasteiger partial charge is 0.348 e. The molecule has 2 aromatic rings. The summed E-state index contributed by atoms with van der Waals surface area (Å²) >= 11 is 1.44. The molecule has 0 bridgehead atoms. The lowest BCUT2D eigenvalue weighted by Crippen LogP contribution is -2.35. The second-order valence-electron chi connectivity index (χ2n) is 7.08. The summed E-state index contributed by atoms with van der Waals surface area (Å²) in [5.41, 5.74) is 1.67. The van der Waals surface area contributed by atoms with Gasteiger partial charge in [-0.15, -0.1) is 11.3 Å². The first kappa shape index (κ1) is 21.0. The number of thiophene rings is 1. The van der Waals surface area contributed by atoms with Crippen LogP contribution in [0.25, 0.3) is 0 Å². The highest BCUT2D eigenvalue weighted by Gasteiger charge is 2.24. The molecule has 5 nitrogen and oxygen atoms in total. The van der Waals surface area contributed by atoms with Crippen LogP contribution >= 0.6 is 11.3 Å². The van der Waals surface area contributed by atoms with Crippen LogP contribution in [0.4, 0.5) is 10.1 Å². The zero-order valence-corrected chi connectivity index (χ0v) is 17.1. The Bertz CT molecular complexity index is 917. The molecule has 1 aliphatic carbocycles. The molecule has 0 fully saturated rings. The van der Waals surface area contributed by atoms with Gasteiger partial charge in [-0.3, -0.25) is 4.79 Å². The average Bonchev–Trinajstić information content (AvgIpc) is 3.16. The number of halogens is 1. The molecule has 1 aromatic carbocycles. The highest BCUT2D eigenvalue weighted by atomic mass is 32.1. The molecule has 1 heterocycles. The Kier molecular flexibility index (Phi) is 6.99. The van der Waals surface area contributed by atoms with E-state index in [1.807, 2.05) is 12.1 Å². The Labute approximate surface area is 173 Å². The molecule has 7 heteroatoms. The summed E-state index contributed by atoms with van der Waals surface area (Å²) in [5, 5.41) is 8.84. The van der Waals surface area contributed by atoms with Crippen molar-refractivity contribution in [1.82, 2.24) is 0 Å². The SMILES string of the molecule is CCC1CCc2sc(C(=O)OCC(=O)N(CCC#N)c3ccc(F)cc3)cc2C1. The number of esters is 1. The van der Waals surface area contributed by atoms with E-state index in [-0.39, 0.29) is 13.0 Å². The molecule has 1 unspecified atom stereocenters. The van der Waals surface area contributed by atoms with Gasteiger partial charge in [-0.2, -0.15) is 5.26 Å². The van der Waals surface area contributed by atoms with E-state index in [0.717, 1.165) is 25.7 Å². The minimum Gasteiger partial charge on any atom is -0.451 e. The van der Waals surface area contributed by atoms with Gasteiger partial charge in [-0.1, -0.05) is 13.3 Å². The van der Waals surface area contributed by atoms with Crippen molar-refractivity contribution in [2.24, 2.45) is 5.92 Å². The largest absolute Gasteiger partial charge is 0.451 e. The molecule has 0 radical (unpaired) electrons. The van der Waals surface area contributed by atoms with Crippen molar-refractivity contribution in [3.05, 3.63) is 51.5 Å². The first-order valence-corrected chi connectivity index (χ1v) is 10.5. The zero-order valence-electron chi connectivity index (χ0n) is 16.3. The summed E-state index contributed by atoms with van der Waals surface area (Å²) in [5.74, 6) is -0.718. The number of benzene rings is 1. The Balaban J connectivity index is 1.63. The van der Waals surface area contributed by atoms with Gasteiger partial charge in [0.2, 0.25) is 0 Å². The fourth-order valence-electron chi connectivity index (χ4n) is 3.51. The highest BCUT2D eigenvalue weighted by Crippen LogP contribution is 2.33. The van der Waals surface area contributed by atoms with Gasteiger partial charge in [0.1, 0.15) is 10.7 Å². The lowest BCUT2D eigenvalue weighted by molar-refractivity contribution is -0.121. The van der Waals surface area contributed by atoms with Crippen molar-refractivity contribution in [2.75, 3.05) is 18.1 Å². The van der Waals surface area contributed by atoms with Crippen LogP contribution < -0.4 is 4.90 Å².